The summed E-state index contributed by atoms with van der Waals surface area (Å²) in [4.78, 5) is 14.7. The van der Waals surface area contributed by atoms with Crippen LogP contribution in [0.2, 0.25) is 0 Å². The van der Waals surface area contributed by atoms with Crippen molar-refractivity contribution in [1.29, 1.82) is 5.26 Å². The van der Waals surface area contributed by atoms with Crippen molar-refractivity contribution in [1.82, 2.24) is 14.8 Å². The highest BCUT2D eigenvalue weighted by molar-refractivity contribution is 5.82. The molecule has 1 aliphatic rings. The van der Waals surface area contributed by atoms with Crippen molar-refractivity contribution >= 4 is 5.91 Å². The van der Waals surface area contributed by atoms with Gasteiger partial charge in [-0.25, -0.2) is 0 Å². The lowest BCUT2D eigenvalue weighted by molar-refractivity contribution is -0.126. The standard InChI is InChI=1S/C20H25N5O/c1-14(2)23-20(26)19-10-16(22)12-24(19)13-18-7-4-8-25(18)17-6-3-5-15(9-17)11-21/h3-9,14,16,19H,10,12-13,22H2,1-2H3,(H,23,26)/t16-,19-/m0/s1. The fraction of sp³-hybridized carbons (Fsp3) is 0.400. The topological polar surface area (TPSA) is 87.1 Å². The summed E-state index contributed by atoms with van der Waals surface area (Å²) in [6, 6.07) is 13.6. The second kappa shape index (κ2) is 7.73. The van der Waals surface area contributed by atoms with Gasteiger partial charge in [-0.15, -0.1) is 0 Å². The van der Waals surface area contributed by atoms with Crippen molar-refractivity contribution in [3.8, 4) is 11.8 Å². The third-order valence-corrected chi connectivity index (χ3v) is 4.62. The minimum Gasteiger partial charge on any atom is -0.353 e. The molecule has 1 aliphatic heterocycles. The number of amides is 1. The number of hydrogen-bond donors (Lipinski definition) is 2. The zero-order valence-corrected chi connectivity index (χ0v) is 15.2. The van der Waals surface area contributed by atoms with Gasteiger partial charge in [-0.2, -0.15) is 5.26 Å². The summed E-state index contributed by atoms with van der Waals surface area (Å²) in [5, 5.41) is 12.1. The zero-order chi connectivity index (χ0) is 18.7. The number of nitriles is 1. The van der Waals surface area contributed by atoms with E-state index < -0.39 is 0 Å². The Labute approximate surface area is 154 Å². The van der Waals surface area contributed by atoms with E-state index in [1.807, 2.05) is 50.4 Å². The van der Waals surface area contributed by atoms with Crippen molar-refractivity contribution in [2.45, 2.75) is 44.9 Å². The lowest BCUT2D eigenvalue weighted by Crippen LogP contribution is -2.45. The van der Waals surface area contributed by atoms with Gasteiger partial charge in [0.1, 0.15) is 0 Å². The third kappa shape index (κ3) is 3.96. The van der Waals surface area contributed by atoms with E-state index in [1.165, 1.54) is 0 Å². The maximum Gasteiger partial charge on any atom is 0.237 e. The van der Waals surface area contributed by atoms with E-state index in [0.29, 0.717) is 25.1 Å². The number of nitrogens with zero attached hydrogens (tertiary/aromatic N) is 3. The molecule has 3 rings (SSSR count). The highest BCUT2D eigenvalue weighted by Gasteiger charge is 2.35. The Balaban J connectivity index is 1.81. The van der Waals surface area contributed by atoms with E-state index in [-0.39, 0.29) is 24.0 Å². The molecule has 1 amide bonds. The molecule has 0 aliphatic carbocycles. The third-order valence-electron chi connectivity index (χ3n) is 4.62. The van der Waals surface area contributed by atoms with E-state index >= 15 is 0 Å². The fourth-order valence-corrected chi connectivity index (χ4v) is 3.50. The Kier molecular flexibility index (Phi) is 5.40. The molecule has 0 unspecified atom stereocenters. The normalized spacial score (nSPS) is 20.3. The number of benzene rings is 1. The molecule has 0 bridgehead atoms. The summed E-state index contributed by atoms with van der Waals surface area (Å²) in [5.74, 6) is 0.0394. The first-order valence-electron chi connectivity index (χ1n) is 8.94. The Hall–Kier alpha value is -2.62. The van der Waals surface area contributed by atoms with Gasteiger partial charge in [-0.1, -0.05) is 6.07 Å². The van der Waals surface area contributed by atoms with Crippen LogP contribution in [0.15, 0.2) is 42.6 Å². The lowest BCUT2D eigenvalue weighted by Gasteiger charge is -2.25. The number of nitrogens with one attached hydrogen (secondary N) is 1. The zero-order valence-electron chi connectivity index (χ0n) is 15.2. The molecule has 136 valence electrons. The highest BCUT2D eigenvalue weighted by atomic mass is 16.2. The van der Waals surface area contributed by atoms with Crippen molar-refractivity contribution in [3.05, 3.63) is 53.9 Å². The van der Waals surface area contributed by atoms with Crippen LogP contribution in [0.25, 0.3) is 5.69 Å². The molecule has 3 N–H and O–H groups in total. The van der Waals surface area contributed by atoms with E-state index in [2.05, 4.69) is 20.9 Å². The molecule has 2 atom stereocenters. The van der Waals surface area contributed by atoms with Crippen LogP contribution in [-0.4, -0.2) is 40.0 Å². The molecule has 0 spiro atoms. The molecular weight excluding hydrogens is 326 g/mol. The van der Waals surface area contributed by atoms with Crippen molar-refractivity contribution in [3.63, 3.8) is 0 Å². The Morgan fingerprint density at radius 3 is 2.92 bits per heavy atom. The van der Waals surface area contributed by atoms with Gasteiger partial charge in [0.05, 0.1) is 17.7 Å². The molecule has 1 saturated heterocycles. The predicted octanol–water partition coefficient (Wildman–Crippen LogP) is 1.78. The van der Waals surface area contributed by atoms with Crippen molar-refractivity contribution in [2.75, 3.05) is 6.54 Å². The minimum atomic E-state index is -0.207. The Bertz CT molecular complexity index is 820. The number of likely N-dealkylation sites (tertiary alicyclic amines) is 1. The minimum absolute atomic E-state index is 0.00300. The first kappa shape index (κ1) is 18.2. The summed E-state index contributed by atoms with van der Waals surface area (Å²) < 4.78 is 2.06. The van der Waals surface area contributed by atoms with Gasteiger partial charge in [0.25, 0.3) is 0 Å². The molecule has 0 saturated carbocycles. The van der Waals surface area contributed by atoms with Gasteiger partial charge < -0.3 is 15.6 Å². The number of aromatic nitrogens is 1. The molecule has 1 aromatic heterocycles. The fourth-order valence-electron chi connectivity index (χ4n) is 3.50. The second-order valence-corrected chi connectivity index (χ2v) is 7.14. The van der Waals surface area contributed by atoms with Crippen molar-refractivity contribution in [2.24, 2.45) is 5.73 Å². The molecule has 6 heteroatoms. The first-order valence-corrected chi connectivity index (χ1v) is 8.94. The number of carbonyl (C=O) groups excluding carboxylic acids is 1. The van der Waals surface area contributed by atoms with Gasteiger partial charge in [0, 0.05) is 42.8 Å². The molecule has 6 nitrogen and oxygen atoms in total. The van der Waals surface area contributed by atoms with E-state index in [4.69, 9.17) is 11.0 Å². The van der Waals surface area contributed by atoms with Gasteiger partial charge in [-0.3, -0.25) is 9.69 Å². The van der Waals surface area contributed by atoms with Gasteiger partial charge >= 0.3 is 0 Å². The average molecular weight is 351 g/mol. The number of hydrogen-bond acceptors (Lipinski definition) is 4. The van der Waals surface area contributed by atoms with Crippen LogP contribution in [0.3, 0.4) is 0 Å². The van der Waals surface area contributed by atoms with Crippen LogP contribution in [0.1, 0.15) is 31.5 Å². The summed E-state index contributed by atoms with van der Waals surface area (Å²) in [5.41, 5.74) is 8.77. The van der Waals surface area contributed by atoms with Gasteiger partial charge in [0.15, 0.2) is 0 Å². The average Bonchev–Trinajstić information content (AvgIpc) is 3.21. The molecule has 1 aromatic carbocycles. The van der Waals surface area contributed by atoms with Crippen LogP contribution in [0.5, 0.6) is 0 Å². The van der Waals surface area contributed by atoms with E-state index in [9.17, 15) is 4.79 Å². The first-order chi connectivity index (χ1) is 12.5. The van der Waals surface area contributed by atoms with Gasteiger partial charge in [-0.05, 0) is 50.6 Å². The Morgan fingerprint density at radius 2 is 2.19 bits per heavy atom. The number of nitrogens with two attached hydrogens (primary N) is 1. The van der Waals surface area contributed by atoms with Gasteiger partial charge in [0.2, 0.25) is 5.91 Å². The maximum absolute atomic E-state index is 12.5. The van der Waals surface area contributed by atoms with Crippen LogP contribution in [0.4, 0.5) is 0 Å². The smallest absolute Gasteiger partial charge is 0.237 e. The summed E-state index contributed by atoms with van der Waals surface area (Å²) in [6.45, 7) is 5.25. The van der Waals surface area contributed by atoms with Crippen molar-refractivity contribution < 1.29 is 4.79 Å². The van der Waals surface area contributed by atoms with Crippen LogP contribution >= 0.6 is 0 Å². The van der Waals surface area contributed by atoms with E-state index in [0.717, 1.165) is 11.4 Å². The SMILES string of the molecule is CC(C)NC(=O)[C@@H]1C[C@H](N)CN1Cc1cccn1-c1cccc(C#N)c1. The predicted molar refractivity (Wildman–Crippen MR) is 101 cm³/mol. The van der Waals surface area contributed by atoms with Crippen LogP contribution in [0, 0.1) is 11.3 Å². The summed E-state index contributed by atoms with van der Waals surface area (Å²) in [7, 11) is 0. The quantitative estimate of drug-likeness (QED) is 0.859. The molecule has 26 heavy (non-hydrogen) atoms. The molecule has 2 aromatic rings. The largest absolute Gasteiger partial charge is 0.353 e. The van der Waals surface area contributed by atoms with Crippen LogP contribution in [-0.2, 0) is 11.3 Å². The maximum atomic E-state index is 12.5. The number of rotatable bonds is 5. The molecular formula is C20H25N5O. The summed E-state index contributed by atoms with van der Waals surface area (Å²) in [6.07, 6.45) is 2.65. The van der Waals surface area contributed by atoms with Crippen LogP contribution < -0.4 is 11.1 Å². The molecule has 0 radical (unpaired) electrons. The van der Waals surface area contributed by atoms with E-state index in [1.54, 1.807) is 6.07 Å². The highest BCUT2D eigenvalue weighted by Crippen LogP contribution is 2.22. The molecule has 2 heterocycles. The lowest BCUT2D eigenvalue weighted by atomic mass is 10.1. The monoisotopic (exact) mass is 351 g/mol. The second-order valence-electron chi connectivity index (χ2n) is 7.14. The number of carbonyl (C=O) groups is 1. The Morgan fingerprint density at radius 1 is 1.38 bits per heavy atom. The molecule has 1 fully saturated rings. The summed E-state index contributed by atoms with van der Waals surface area (Å²) >= 11 is 0.